The molecule has 2 amide bonds. The number of anilines is 1. The van der Waals surface area contributed by atoms with Gasteiger partial charge < -0.3 is 10.2 Å². The molecule has 26 heavy (non-hydrogen) atoms. The summed E-state index contributed by atoms with van der Waals surface area (Å²) in [4.78, 5) is 27.2. The van der Waals surface area contributed by atoms with Gasteiger partial charge >= 0.3 is 0 Å². The van der Waals surface area contributed by atoms with E-state index in [4.69, 9.17) is 0 Å². The average Bonchev–Trinajstić information content (AvgIpc) is 2.57. The van der Waals surface area contributed by atoms with E-state index in [2.05, 4.69) is 5.32 Å². The summed E-state index contributed by atoms with van der Waals surface area (Å²) in [6.45, 7) is 4.18. The SMILES string of the molecule is Cc1cccc(NC(=O)CN(C)C(=O)C2C3CC4CC(C3)CC2C4)c1C. The summed E-state index contributed by atoms with van der Waals surface area (Å²) < 4.78 is 0. The smallest absolute Gasteiger partial charge is 0.243 e. The zero-order valence-corrected chi connectivity index (χ0v) is 16.1. The van der Waals surface area contributed by atoms with Crippen molar-refractivity contribution in [3.8, 4) is 0 Å². The van der Waals surface area contributed by atoms with E-state index in [0.717, 1.165) is 28.7 Å². The predicted molar refractivity (Wildman–Crippen MR) is 103 cm³/mol. The molecule has 140 valence electrons. The lowest BCUT2D eigenvalue weighted by Crippen LogP contribution is -2.52. The van der Waals surface area contributed by atoms with Crippen molar-refractivity contribution in [2.24, 2.45) is 29.6 Å². The molecule has 4 fully saturated rings. The molecule has 0 saturated heterocycles. The summed E-state index contributed by atoms with van der Waals surface area (Å²) in [7, 11) is 1.79. The minimum Gasteiger partial charge on any atom is -0.336 e. The first-order valence-corrected chi connectivity index (χ1v) is 10.0. The molecular weight excluding hydrogens is 324 g/mol. The Kier molecular flexibility index (Phi) is 4.54. The zero-order chi connectivity index (χ0) is 18.4. The number of carbonyl (C=O) groups excluding carboxylic acids is 2. The highest BCUT2D eigenvalue weighted by atomic mass is 16.2. The van der Waals surface area contributed by atoms with E-state index in [0.29, 0.717) is 11.8 Å². The Balaban J connectivity index is 1.38. The van der Waals surface area contributed by atoms with E-state index in [1.807, 2.05) is 32.0 Å². The molecule has 0 aromatic heterocycles. The molecule has 0 atom stereocenters. The summed E-state index contributed by atoms with van der Waals surface area (Å²) >= 11 is 0. The van der Waals surface area contributed by atoms with Crippen LogP contribution >= 0.6 is 0 Å². The first-order valence-electron chi connectivity index (χ1n) is 10.0. The van der Waals surface area contributed by atoms with Crippen LogP contribution in [0.15, 0.2) is 18.2 Å². The second-order valence-electron chi connectivity index (χ2n) is 8.95. The van der Waals surface area contributed by atoms with Gasteiger partial charge in [0, 0.05) is 18.7 Å². The monoisotopic (exact) mass is 354 g/mol. The molecule has 4 nitrogen and oxygen atoms in total. The summed E-state index contributed by atoms with van der Waals surface area (Å²) in [6.07, 6.45) is 6.30. The number of likely N-dealkylation sites (N-methyl/N-ethyl adjacent to an activating group) is 1. The van der Waals surface area contributed by atoms with Crippen LogP contribution in [0.1, 0.15) is 43.2 Å². The van der Waals surface area contributed by atoms with Gasteiger partial charge in [-0.2, -0.15) is 0 Å². The van der Waals surface area contributed by atoms with E-state index in [-0.39, 0.29) is 24.3 Å². The number of nitrogens with one attached hydrogen (secondary N) is 1. The van der Waals surface area contributed by atoms with Crippen LogP contribution in [0.5, 0.6) is 0 Å². The van der Waals surface area contributed by atoms with Crippen molar-refractivity contribution in [1.82, 2.24) is 4.90 Å². The Bertz CT molecular complexity index is 699. The Hall–Kier alpha value is -1.84. The fraction of sp³-hybridized carbons (Fsp3) is 0.636. The lowest BCUT2D eigenvalue weighted by Gasteiger charge is -2.54. The molecule has 0 heterocycles. The van der Waals surface area contributed by atoms with Crippen LogP contribution in [-0.4, -0.2) is 30.3 Å². The largest absolute Gasteiger partial charge is 0.336 e. The Morgan fingerprint density at radius 3 is 2.27 bits per heavy atom. The Labute approximate surface area is 156 Å². The van der Waals surface area contributed by atoms with E-state index >= 15 is 0 Å². The van der Waals surface area contributed by atoms with Gasteiger partial charge in [-0.25, -0.2) is 0 Å². The number of aryl methyl sites for hydroxylation is 1. The molecular formula is C22H30N2O2. The molecule has 1 aromatic carbocycles. The van der Waals surface area contributed by atoms with Gasteiger partial charge in [0.25, 0.3) is 0 Å². The molecule has 5 rings (SSSR count). The van der Waals surface area contributed by atoms with Crippen molar-refractivity contribution in [2.45, 2.75) is 46.0 Å². The summed E-state index contributed by atoms with van der Waals surface area (Å²) in [5, 5.41) is 2.97. The molecule has 0 spiro atoms. The van der Waals surface area contributed by atoms with Crippen molar-refractivity contribution < 1.29 is 9.59 Å². The van der Waals surface area contributed by atoms with Gasteiger partial charge in [-0.3, -0.25) is 9.59 Å². The van der Waals surface area contributed by atoms with Crippen molar-refractivity contribution in [3.05, 3.63) is 29.3 Å². The fourth-order valence-electron chi connectivity index (χ4n) is 5.95. The molecule has 4 bridgehead atoms. The lowest BCUT2D eigenvalue weighted by molar-refractivity contribution is -0.149. The van der Waals surface area contributed by atoms with Crippen LogP contribution in [0, 0.1) is 43.4 Å². The minimum absolute atomic E-state index is 0.113. The predicted octanol–water partition coefficient (Wildman–Crippen LogP) is 3.77. The number of amides is 2. The maximum absolute atomic E-state index is 13.1. The van der Waals surface area contributed by atoms with Crippen molar-refractivity contribution in [3.63, 3.8) is 0 Å². The van der Waals surface area contributed by atoms with Crippen molar-refractivity contribution >= 4 is 17.5 Å². The highest BCUT2D eigenvalue weighted by Gasteiger charge is 2.51. The minimum atomic E-state index is -0.113. The van der Waals surface area contributed by atoms with Gasteiger partial charge in [0.15, 0.2) is 0 Å². The van der Waals surface area contributed by atoms with Gasteiger partial charge in [0.1, 0.15) is 0 Å². The quantitative estimate of drug-likeness (QED) is 0.895. The van der Waals surface area contributed by atoms with Crippen LogP contribution < -0.4 is 5.32 Å². The van der Waals surface area contributed by atoms with Gasteiger partial charge in [-0.15, -0.1) is 0 Å². The van der Waals surface area contributed by atoms with Crippen LogP contribution in [0.2, 0.25) is 0 Å². The Morgan fingerprint density at radius 2 is 1.65 bits per heavy atom. The van der Waals surface area contributed by atoms with E-state index in [9.17, 15) is 9.59 Å². The molecule has 4 heteroatoms. The average molecular weight is 354 g/mol. The first-order chi connectivity index (χ1) is 12.4. The number of carbonyl (C=O) groups is 2. The normalized spacial score (nSPS) is 31.7. The van der Waals surface area contributed by atoms with Gasteiger partial charge in [0.05, 0.1) is 6.54 Å². The standard InChI is InChI=1S/C22H30N2O2/c1-13-5-4-6-19(14(13)2)23-20(25)12-24(3)22(26)21-17-8-15-7-16(10-17)11-18(21)9-15/h4-6,15-18,21H,7-12H2,1-3H3,(H,23,25). The fourth-order valence-corrected chi connectivity index (χ4v) is 5.95. The summed E-state index contributed by atoms with van der Waals surface area (Å²) in [6, 6.07) is 5.90. The molecule has 1 N–H and O–H groups in total. The summed E-state index contributed by atoms with van der Waals surface area (Å²) in [5.41, 5.74) is 3.07. The maximum atomic E-state index is 13.1. The molecule has 4 aliphatic carbocycles. The molecule has 4 saturated carbocycles. The first kappa shape index (κ1) is 17.6. The third-order valence-corrected chi connectivity index (χ3v) is 7.15. The third kappa shape index (κ3) is 3.15. The second kappa shape index (κ2) is 6.71. The molecule has 1 aromatic rings. The van der Waals surface area contributed by atoms with Gasteiger partial charge in [0.2, 0.25) is 11.8 Å². The summed E-state index contributed by atoms with van der Waals surface area (Å²) in [5.74, 6) is 3.07. The van der Waals surface area contributed by atoms with E-state index in [1.165, 1.54) is 32.1 Å². The van der Waals surface area contributed by atoms with E-state index in [1.54, 1.807) is 11.9 Å². The van der Waals surface area contributed by atoms with Gasteiger partial charge in [-0.1, -0.05) is 12.1 Å². The number of hydrogen-bond donors (Lipinski definition) is 1. The molecule has 4 aliphatic rings. The second-order valence-corrected chi connectivity index (χ2v) is 8.95. The lowest BCUT2D eigenvalue weighted by atomic mass is 9.51. The van der Waals surface area contributed by atoms with Crippen molar-refractivity contribution in [2.75, 3.05) is 18.9 Å². The highest BCUT2D eigenvalue weighted by molar-refractivity contribution is 5.95. The molecule has 0 aliphatic heterocycles. The van der Waals surface area contributed by atoms with Crippen LogP contribution in [0.25, 0.3) is 0 Å². The van der Waals surface area contributed by atoms with Crippen LogP contribution in [0.4, 0.5) is 5.69 Å². The van der Waals surface area contributed by atoms with Crippen LogP contribution in [-0.2, 0) is 9.59 Å². The van der Waals surface area contributed by atoms with E-state index < -0.39 is 0 Å². The highest BCUT2D eigenvalue weighted by Crippen LogP contribution is 2.56. The molecule has 0 unspecified atom stereocenters. The van der Waals surface area contributed by atoms with Gasteiger partial charge in [-0.05, 0) is 86.8 Å². The Morgan fingerprint density at radius 1 is 1.04 bits per heavy atom. The zero-order valence-electron chi connectivity index (χ0n) is 16.1. The topological polar surface area (TPSA) is 49.4 Å². The number of benzene rings is 1. The number of rotatable bonds is 4. The van der Waals surface area contributed by atoms with Crippen LogP contribution in [0.3, 0.4) is 0 Å². The third-order valence-electron chi connectivity index (χ3n) is 7.15. The number of hydrogen-bond acceptors (Lipinski definition) is 2. The number of nitrogens with zero attached hydrogens (tertiary/aromatic N) is 1. The maximum Gasteiger partial charge on any atom is 0.243 e. The van der Waals surface area contributed by atoms with Crippen molar-refractivity contribution in [1.29, 1.82) is 0 Å². The molecule has 0 radical (unpaired) electrons.